The smallest absolute Gasteiger partial charge is 0.316 e. The minimum Gasteiger partial charge on any atom is -0.458 e. The van der Waals surface area contributed by atoms with Crippen molar-refractivity contribution in [3.8, 4) is 17.5 Å². The van der Waals surface area contributed by atoms with Crippen LogP contribution in [0, 0.1) is 5.82 Å². The number of rotatable bonds is 5. The van der Waals surface area contributed by atoms with Crippen LogP contribution in [0.15, 0.2) is 67.0 Å². The number of hydrogen-bond acceptors (Lipinski definition) is 5. The second kappa shape index (κ2) is 8.68. The molecule has 1 amide bonds. The summed E-state index contributed by atoms with van der Waals surface area (Å²) >= 11 is 0. The summed E-state index contributed by atoms with van der Waals surface area (Å²) in [5.41, 5.74) is 0.587. The maximum Gasteiger partial charge on any atom is 0.316 e. The number of likely N-dealkylation sites (tertiary alicyclic amines) is 1. The summed E-state index contributed by atoms with van der Waals surface area (Å²) < 4.78 is 24.4. The molecule has 7 heteroatoms. The van der Waals surface area contributed by atoms with Crippen LogP contribution in [0.3, 0.4) is 0 Å². The highest BCUT2D eigenvalue weighted by atomic mass is 19.1. The summed E-state index contributed by atoms with van der Waals surface area (Å²) in [5.74, 6) is 0.828. The van der Waals surface area contributed by atoms with Gasteiger partial charge in [0.05, 0.1) is 18.9 Å². The van der Waals surface area contributed by atoms with E-state index in [0.29, 0.717) is 24.4 Å². The first-order valence-electron chi connectivity index (χ1n) is 9.44. The van der Waals surface area contributed by atoms with Gasteiger partial charge in [-0.25, -0.2) is 14.4 Å². The van der Waals surface area contributed by atoms with Crippen molar-refractivity contribution < 1.29 is 18.7 Å². The minimum atomic E-state index is -0.516. The average Bonchev–Trinajstić information content (AvgIpc) is 2.76. The van der Waals surface area contributed by atoms with Gasteiger partial charge in [0.2, 0.25) is 0 Å². The van der Waals surface area contributed by atoms with Crippen molar-refractivity contribution in [2.24, 2.45) is 0 Å². The van der Waals surface area contributed by atoms with Crippen LogP contribution in [0.1, 0.15) is 23.2 Å². The van der Waals surface area contributed by atoms with Gasteiger partial charge in [0.25, 0.3) is 5.91 Å². The van der Waals surface area contributed by atoms with Gasteiger partial charge in [-0.05, 0) is 49.2 Å². The number of amides is 1. The molecule has 3 aromatic rings. The second-order valence-corrected chi connectivity index (χ2v) is 6.76. The van der Waals surface area contributed by atoms with E-state index in [1.807, 2.05) is 30.3 Å². The zero-order valence-electron chi connectivity index (χ0n) is 15.7. The van der Waals surface area contributed by atoms with Crippen molar-refractivity contribution in [2.45, 2.75) is 18.9 Å². The molecule has 1 fully saturated rings. The minimum absolute atomic E-state index is 0.0652. The molecule has 1 unspecified atom stereocenters. The Labute approximate surface area is 167 Å². The lowest BCUT2D eigenvalue weighted by atomic mass is 10.1. The first-order valence-corrected chi connectivity index (χ1v) is 9.44. The van der Waals surface area contributed by atoms with Gasteiger partial charge in [-0.2, -0.15) is 0 Å². The van der Waals surface area contributed by atoms with Gasteiger partial charge in [0, 0.05) is 12.1 Å². The van der Waals surface area contributed by atoms with Crippen LogP contribution in [0.2, 0.25) is 0 Å². The van der Waals surface area contributed by atoms with E-state index in [1.165, 1.54) is 0 Å². The number of ether oxygens (including phenoxy) is 2. The van der Waals surface area contributed by atoms with Gasteiger partial charge in [-0.1, -0.05) is 18.2 Å². The maximum absolute atomic E-state index is 12.9. The summed E-state index contributed by atoms with van der Waals surface area (Å²) in [7, 11) is 0. The molecule has 0 radical (unpaired) electrons. The summed E-state index contributed by atoms with van der Waals surface area (Å²) in [6.07, 6.45) is 3.50. The van der Waals surface area contributed by atoms with Gasteiger partial charge < -0.3 is 14.4 Å². The highest BCUT2D eigenvalue weighted by molar-refractivity contribution is 5.94. The number of carbonyl (C=O) groups is 1. The highest BCUT2D eigenvalue weighted by Crippen LogP contribution is 2.23. The number of benzene rings is 2. The molecule has 4 rings (SSSR count). The molecular formula is C22H20FN3O3. The van der Waals surface area contributed by atoms with Crippen molar-refractivity contribution >= 4 is 5.91 Å². The highest BCUT2D eigenvalue weighted by Gasteiger charge is 2.26. The summed E-state index contributed by atoms with van der Waals surface area (Å²) in [5, 5.41) is 0. The quantitative estimate of drug-likeness (QED) is 0.653. The Hall–Kier alpha value is -3.48. The van der Waals surface area contributed by atoms with E-state index in [2.05, 4.69) is 9.97 Å². The topological polar surface area (TPSA) is 64.5 Å². The van der Waals surface area contributed by atoms with Crippen LogP contribution < -0.4 is 9.47 Å². The Balaban J connectivity index is 1.37. The van der Waals surface area contributed by atoms with Gasteiger partial charge in [-0.3, -0.25) is 4.79 Å². The van der Waals surface area contributed by atoms with Crippen LogP contribution in [-0.4, -0.2) is 40.0 Å². The molecule has 6 nitrogen and oxygen atoms in total. The molecule has 2 aromatic carbocycles. The number of halogens is 1. The van der Waals surface area contributed by atoms with Gasteiger partial charge in [0.15, 0.2) is 5.82 Å². The van der Waals surface area contributed by atoms with Crippen LogP contribution in [-0.2, 0) is 0 Å². The molecule has 1 saturated heterocycles. The number of nitrogens with zero attached hydrogens (tertiary/aromatic N) is 3. The molecule has 0 bridgehead atoms. The molecule has 0 saturated carbocycles. The van der Waals surface area contributed by atoms with Gasteiger partial charge in [-0.15, -0.1) is 0 Å². The Kier molecular flexibility index (Phi) is 5.65. The fourth-order valence-corrected chi connectivity index (χ4v) is 3.20. The fourth-order valence-electron chi connectivity index (χ4n) is 3.20. The average molecular weight is 393 g/mol. The third-order valence-corrected chi connectivity index (χ3v) is 4.61. The predicted molar refractivity (Wildman–Crippen MR) is 105 cm³/mol. The Morgan fingerprint density at radius 2 is 1.69 bits per heavy atom. The van der Waals surface area contributed by atoms with E-state index in [1.54, 1.807) is 29.2 Å². The lowest BCUT2D eigenvalue weighted by molar-refractivity contribution is 0.0515. The van der Waals surface area contributed by atoms with Gasteiger partial charge >= 0.3 is 6.01 Å². The number of hydrogen-bond donors (Lipinski definition) is 0. The predicted octanol–water partition coefficient (Wildman–Crippen LogP) is 4.09. The number of carbonyl (C=O) groups excluding carboxylic acids is 1. The van der Waals surface area contributed by atoms with E-state index >= 15 is 0 Å². The van der Waals surface area contributed by atoms with E-state index in [0.717, 1.165) is 31.0 Å². The van der Waals surface area contributed by atoms with E-state index < -0.39 is 5.82 Å². The zero-order chi connectivity index (χ0) is 20.1. The monoisotopic (exact) mass is 393 g/mol. The van der Waals surface area contributed by atoms with Crippen LogP contribution in [0.5, 0.6) is 17.5 Å². The molecule has 0 N–H and O–H groups in total. The van der Waals surface area contributed by atoms with Crippen molar-refractivity contribution in [1.29, 1.82) is 0 Å². The zero-order valence-corrected chi connectivity index (χ0v) is 15.7. The SMILES string of the molecule is O=C(c1ccc(Oc2ccccc2)cc1)N1CCCC(Oc2ncc(F)cn2)C1. The lowest BCUT2D eigenvalue weighted by Crippen LogP contribution is -2.44. The lowest BCUT2D eigenvalue weighted by Gasteiger charge is -2.32. The van der Waals surface area contributed by atoms with E-state index in [-0.39, 0.29) is 18.0 Å². The van der Waals surface area contributed by atoms with Crippen molar-refractivity contribution in [1.82, 2.24) is 14.9 Å². The molecule has 0 spiro atoms. The third kappa shape index (κ3) is 4.87. The molecule has 1 aliphatic heterocycles. The Morgan fingerprint density at radius 1 is 1.00 bits per heavy atom. The molecule has 1 aliphatic rings. The molecule has 29 heavy (non-hydrogen) atoms. The molecule has 2 heterocycles. The van der Waals surface area contributed by atoms with E-state index in [9.17, 15) is 9.18 Å². The number of piperidine rings is 1. The first-order chi connectivity index (χ1) is 14.2. The number of aromatic nitrogens is 2. The summed E-state index contributed by atoms with van der Waals surface area (Å²) in [6, 6.07) is 16.7. The van der Waals surface area contributed by atoms with E-state index in [4.69, 9.17) is 9.47 Å². The largest absolute Gasteiger partial charge is 0.458 e. The Bertz CT molecular complexity index is 949. The molecule has 1 atom stereocenters. The third-order valence-electron chi connectivity index (χ3n) is 4.61. The standard InChI is InChI=1S/C22H20FN3O3/c23-17-13-24-22(25-14-17)29-20-7-4-12-26(15-20)21(27)16-8-10-19(11-9-16)28-18-5-2-1-3-6-18/h1-3,5-6,8-11,13-14,20H,4,7,12,15H2. The summed E-state index contributed by atoms with van der Waals surface area (Å²) in [6.45, 7) is 1.09. The van der Waals surface area contributed by atoms with Crippen LogP contribution >= 0.6 is 0 Å². The van der Waals surface area contributed by atoms with Gasteiger partial charge in [0.1, 0.15) is 17.6 Å². The first kappa shape index (κ1) is 18.9. The molecular weight excluding hydrogens is 373 g/mol. The van der Waals surface area contributed by atoms with Crippen molar-refractivity contribution in [3.05, 3.63) is 78.4 Å². The summed E-state index contributed by atoms with van der Waals surface area (Å²) in [4.78, 5) is 22.3. The van der Waals surface area contributed by atoms with Crippen LogP contribution in [0.4, 0.5) is 4.39 Å². The molecule has 1 aromatic heterocycles. The van der Waals surface area contributed by atoms with Crippen molar-refractivity contribution in [2.75, 3.05) is 13.1 Å². The Morgan fingerprint density at radius 3 is 2.41 bits per heavy atom. The second-order valence-electron chi connectivity index (χ2n) is 6.76. The maximum atomic E-state index is 12.9. The molecule has 148 valence electrons. The van der Waals surface area contributed by atoms with Crippen molar-refractivity contribution in [3.63, 3.8) is 0 Å². The molecule has 0 aliphatic carbocycles. The normalized spacial score (nSPS) is 16.3. The fraction of sp³-hybridized carbons (Fsp3) is 0.227. The van der Waals surface area contributed by atoms with Crippen LogP contribution in [0.25, 0.3) is 0 Å². The number of para-hydroxylation sites is 1.